The summed E-state index contributed by atoms with van der Waals surface area (Å²) >= 11 is 2.93. The third-order valence-electron chi connectivity index (χ3n) is 1.65. The molecule has 2 rings (SSSR count). The molecule has 0 aromatic carbocycles. The summed E-state index contributed by atoms with van der Waals surface area (Å²) in [6.45, 7) is 1.86. The average Bonchev–Trinajstić information content (AvgIpc) is 2.83. The predicted octanol–water partition coefficient (Wildman–Crippen LogP) is 2.54. The van der Waals surface area contributed by atoms with Crippen molar-refractivity contribution in [2.75, 3.05) is 0 Å². The first-order valence-corrected chi connectivity index (χ1v) is 6.01. The number of thioether (sulfide) groups is 1. The number of nitrogens with zero attached hydrogens (tertiary/aromatic N) is 2. The zero-order valence-corrected chi connectivity index (χ0v) is 9.60. The second-order valence-electron chi connectivity index (χ2n) is 2.82. The van der Waals surface area contributed by atoms with Gasteiger partial charge in [0.05, 0.1) is 5.75 Å². The molecule has 78 valence electrons. The molecule has 0 aliphatic carbocycles. The number of rotatable bonds is 4. The smallest absolute Gasteiger partial charge is 0.185 e. The lowest BCUT2D eigenvalue weighted by molar-refractivity contribution is 0.109. The van der Waals surface area contributed by atoms with Gasteiger partial charge in [-0.3, -0.25) is 4.79 Å². The minimum atomic E-state index is 0.360. The summed E-state index contributed by atoms with van der Waals surface area (Å²) in [6, 6.07) is 3.46. The highest BCUT2D eigenvalue weighted by atomic mass is 32.2. The van der Waals surface area contributed by atoms with Gasteiger partial charge in [-0.2, -0.15) is 4.37 Å². The molecule has 0 spiro atoms. The Morgan fingerprint density at radius 3 is 3.07 bits per heavy atom. The van der Waals surface area contributed by atoms with Crippen molar-refractivity contribution in [3.8, 4) is 0 Å². The Labute approximate surface area is 94.9 Å². The Balaban J connectivity index is 1.95. The summed E-state index contributed by atoms with van der Waals surface area (Å²) < 4.78 is 10.2. The molecule has 0 unspecified atom stereocenters. The van der Waals surface area contributed by atoms with Crippen LogP contribution in [0.1, 0.15) is 22.1 Å². The van der Waals surface area contributed by atoms with E-state index in [0.717, 1.165) is 15.9 Å². The molecule has 15 heavy (non-hydrogen) atoms. The van der Waals surface area contributed by atoms with Crippen molar-refractivity contribution in [1.82, 2.24) is 9.36 Å². The van der Waals surface area contributed by atoms with E-state index >= 15 is 0 Å². The van der Waals surface area contributed by atoms with Crippen LogP contribution in [0.3, 0.4) is 0 Å². The minimum absolute atomic E-state index is 0.360. The Morgan fingerprint density at radius 2 is 2.47 bits per heavy atom. The monoisotopic (exact) mass is 240 g/mol. The largest absolute Gasteiger partial charge is 0.457 e. The van der Waals surface area contributed by atoms with Gasteiger partial charge in [-0.05, 0) is 30.6 Å². The number of aldehydes is 1. The number of carbonyl (C=O) groups is 1. The number of furan rings is 1. The van der Waals surface area contributed by atoms with Crippen molar-refractivity contribution in [1.29, 1.82) is 0 Å². The summed E-state index contributed by atoms with van der Waals surface area (Å²) in [5.74, 6) is 2.59. The third kappa shape index (κ3) is 2.66. The average molecular weight is 240 g/mol. The number of aromatic nitrogens is 2. The maximum atomic E-state index is 10.4. The van der Waals surface area contributed by atoms with E-state index in [0.29, 0.717) is 17.8 Å². The highest BCUT2D eigenvalue weighted by Crippen LogP contribution is 2.24. The molecule has 0 saturated carbocycles. The number of hydrogen-bond acceptors (Lipinski definition) is 6. The van der Waals surface area contributed by atoms with Crippen LogP contribution in [0.25, 0.3) is 0 Å². The van der Waals surface area contributed by atoms with Gasteiger partial charge in [0.15, 0.2) is 16.4 Å². The molecule has 0 radical (unpaired) electrons. The van der Waals surface area contributed by atoms with Crippen LogP contribution in [0, 0.1) is 6.92 Å². The molecular formula is C9H8N2O2S2. The zero-order chi connectivity index (χ0) is 10.7. The van der Waals surface area contributed by atoms with Crippen LogP contribution in [-0.4, -0.2) is 15.6 Å². The van der Waals surface area contributed by atoms with Crippen LogP contribution in [0.2, 0.25) is 0 Å². The van der Waals surface area contributed by atoms with Crippen LogP contribution < -0.4 is 0 Å². The van der Waals surface area contributed by atoms with E-state index in [1.165, 1.54) is 11.5 Å². The highest BCUT2D eigenvalue weighted by Gasteiger charge is 2.05. The standard InChI is InChI=1S/C9H8N2O2S2/c1-6-10-9(15-11-6)14-5-8-3-2-7(4-12)13-8/h2-4H,5H2,1H3. The Morgan fingerprint density at radius 1 is 1.60 bits per heavy atom. The quantitative estimate of drug-likeness (QED) is 0.607. The molecule has 0 N–H and O–H groups in total. The fourth-order valence-electron chi connectivity index (χ4n) is 1.00. The van der Waals surface area contributed by atoms with E-state index in [4.69, 9.17) is 4.42 Å². The molecule has 2 heterocycles. The van der Waals surface area contributed by atoms with Gasteiger partial charge in [0, 0.05) is 0 Å². The van der Waals surface area contributed by atoms with Crippen LogP contribution in [0.15, 0.2) is 20.9 Å². The normalized spacial score (nSPS) is 10.5. The van der Waals surface area contributed by atoms with E-state index in [9.17, 15) is 4.79 Å². The molecule has 2 aromatic heterocycles. The molecule has 0 atom stereocenters. The fraction of sp³-hybridized carbons (Fsp3) is 0.222. The van der Waals surface area contributed by atoms with E-state index in [1.807, 2.05) is 6.92 Å². The van der Waals surface area contributed by atoms with E-state index in [1.54, 1.807) is 23.9 Å². The molecule has 4 nitrogen and oxygen atoms in total. The van der Waals surface area contributed by atoms with Crippen molar-refractivity contribution in [2.45, 2.75) is 17.0 Å². The van der Waals surface area contributed by atoms with Gasteiger partial charge in [-0.15, -0.1) is 0 Å². The predicted molar refractivity (Wildman–Crippen MR) is 58.3 cm³/mol. The van der Waals surface area contributed by atoms with Crippen LogP contribution in [0.5, 0.6) is 0 Å². The molecule has 2 aromatic rings. The topological polar surface area (TPSA) is 56.0 Å². The summed E-state index contributed by atoms with van der Waals surface area (Å²) in [5, 5.41) is 0. The van der Waals surface area contributed by atoms with Gasteiger partial charge < -0.3 is 4.42 Å². The number of aryl methyl sites for hydroxylation is 1. The Hall–Kier alpha value is -1.14. The molecule has 6 heteroatoms. The minimum Gasteiger partial charge on any atom is -0.457 e. The summed E-state index contributed by atoms with van der Waals surface area (Å²) in [5.41, 5.74) is 0. The van der Waals surface area contributed by atoms with Crippen molar-refractivity contribution in [3.05, 3.63) is 29.5 Å². The van der Waals surface area contributed by atoms with E-state index in [-0.39, 0.29) is 0 Å². The van der Waals surface area contributed by atoms with Crippen molar-refractivity contribution in [2.24, 2.45) is 0 Å². The lowest BCUT2D eigenvalue weighted by Gasteiger charge is -1.91. The maximum absolute atomic E-state index is 10.4. The second kappa shape index (κ2) is 4.59. The molecule has 0 amide bonds. The second-order valence-corrected chi connectivity index (χ2v) is 4.79. The van der Waals surface area contributed by atoms with E-state index in [2.05, 4.69) is 9.36 Å². The third-order valence-corrected chi connectivity index (χ3v) is 3.59. The number of carbonyl (C=O) groups excluding carboxylic acids is 1. The fourth-order valence-corrected chi connectivity index (χ4v) is 2.55. The summed E-state index contributed by atoms with van der Waals surface area (Å²) in [6.07, 6.45) is 0.698. The van der Waals surface area contributed by atoms with Crippen molar-refractivity contribution < 1.29 is 9.21 Å². The Kier molecular flexibility index (Phi) is 3.17. The van der Waals surface area contributed by atoms with Gasteiger partial charge in [-0.25, -0.2) is 4.98 Å². The first-order chi connectivity index (χ1) is 7.28. The van der Waals surface area contributed by atoms with Gasteiger partial charge >= 0.3 is 0 Å². The first-order valence-electron chi connectivity index (χ1n) is 4.25. The zero-order valence-electron chi connectivity index (χ0n) is 7.97. The molecule has 0 aliphatic heterocycles. The SMILES string of the molecule is Cc1nsc(SCc2ccc(C=O)o2)n1. The Bertz CT molecular complexity index is 464. The van der Waals surface area contributed by atoms with Crippen LogP contribution in [0.4, 0.5) is 0 Å². The van der Waals surface area contributed by atoms with Gasteiger partial charge in [-0.1, -0.05) is 11.8 Å². The van der Waals surface area contributed by atoms with Gasteiger partial charge in [0.2, 0.25) is 0 Å². The lowest BCUT2D eigenvalue weighted by Crippen LogP contribution is -1.76. The maximum Gasteiger partial charge on any atom is 0.185 e. The molecule has 0 saturated heterocycles. The van der Waals surface area contributed by atoms with Gasteiger partial charge in [0.1, 0.15) is 11.6 Å². The van der Waals surface area contributed by atoms with Gasteiger partial charge in [0.25, 0.3) is 0 Å². The summed E-state index contributed by atoms with van der Waals surface area (Å²) in [7, 11) is 0. The molecular weight excluding hydrogens is 232 g/mol. The van der Waals surface area contributed by atoms with Crippen molar-refractivity contribution >= 4 is 29.6 Å². The first kappa shape index (κ1) is 10.4. The molecule has 0 aliphatic rings. The van der Waals surface area contributed by atoms with Crippen LogP contribution in [-0.2, 0) is 5.75 Å². The molecule has 0 bridgehead atoms. The van der Waals surface area contributed by atoms with Crippen LogP contribution >= 0.6 is 23.3 Å². The molecule has 0 fully saturated rings. The van der Waals surface area contributed by atoms with Crippen molar-refractivity contribution in [3.63, 3.8) is 0 Å². The number of hydrogen-bond donors (Lipinski definition) is 0. The summed E-state index contributed by atoms with van der Waals surface area (Å²) in [4.78, 5) is 14.6. The highest BCUT2D eigenvalue weighted by molar-refractivity contribution is 8.00. The lowest BCUT2D eigenvalue weighted by atomic mass is 10.4. The van der Waals surface area contributed by atoms with E-state index < -0.39 is 0 Å².